The van der Waals surface area contributed by atoms with Crippen LogP contribution in [0.4, 0.5) is 13.2 Å². The highest BCUT2D eigenvalue weighted by Crippen LogP contribution is 2.42. The van der Waals surface area contributed by atoms with E-state index in [4.69, 9.17) is 4.74 Å². The molecule has 2 aromatic rings. The number of benzene rings is 1. The lowest BCUT2D eigenvalue weighted by Crippen LogP contribution is -2.61. The summed E-state index contributed by atoms with van der Waals surface area (Å²) in [6.07, 6.45) is -4.07. The van der Waals surface area contributed by atoms with E-state index in [1.807, 2.05) is 0 Å². The lowest BCUT2D eigenvalue weighted by Gasteiger charge is -2.42. The van der Waals surface area contributed by atoms with Gasteiger partial charge in [-0.15, -0.1) is 11.3 Å². The highest BCUT2D eigenvalue weighted by molar-refractivity contribution is 7.90. The molecule has 0 saturated carbocycles. The maximum absolute atomic E-state index is 13.5. The number of carbonyl (C=O) groups is 1. The fraction of sp³-hybridized carbons (Fsp3) is 0.450. The number of rotatable bonds is 8. The summed E-state index contributed by atoms with van der Waals surface area (Å²) in [5.74, 6) is -1.20. The molecule has 12 heteroatoms. The van der Waals surface area contributed by atoms with Crippen molar-refractivity contribution in [2.45, 2.75) is 23.9 Å². The van der Waals surface area contributed by atoms with Gasteiger partial charge in [-0.1, -0.05) is 18.2 Å². The number of para-hydroxylation sites is 1. The minimum atomic E-state index is -4.75. The number of carbonyl (C=O) groups excluding carboxylic acids is 1. The zero-order chi connectivity index (χ0) is 23.4. The highest BCUT2D eigenvalue weighted by atomic mass is 32.2. The van der Waals surface area contributed by atoms with Crippen molar-refractivity contribution >= 4 is 27.3 Å². The third kappa shape index (κ3) is 5.08. The Kier molecular flexibility index (Phi) is 7.48. The minimum Gasteiger partial charge on any atom is -0.496 e. The first-order chi connectivity index (χ1) is 15.1. The van der Waals surface area contributed by atoms with Crippen LogP contribution >= 0.6 is 11.3 Å². The van der Waals surface area contributed by atoms with E-state index in [1.54, 1.807) is 34.4 Å². The molecule has 1 aromatic heterocycles. The largest absolute Gasteiger partial charge is 0.496 e. The second-order valence-corrected chi connectivity index (χ2v) is 10.2. The summed E-state index contributed by atoms with van der Waals surface area (Å²) in [5.41, 5.74) is 0.0795. The van der Waals surface area contributed by atoms with E-state index in [9.17, 15) is 26.4 Å². The van der Waals surface area contributed by atoms with Crippen molar-refractivity contribution in [3.05, 3.63) is 52.2 Å². The number of sulfonamides is 1. The Morgan fingerprint density at radius 3 is 2.47 bits per heavy atom. The summed E-state index contributed by atoms with van der Waals surface area (Å²) in [4.78, 5) is 11.5. The molecule has 0 bridgehead atoms. The molecule has 1 aromatic carbocycles. The third-order valence-electron chi connectivity index (χ3n) is 5.34. The van der Waals surface area contributed by atoms with Crippen molar-refractivity contribution in [1.29, 1.82) is 0 Å². The van der Waals surface area contributed by atoms with Gasteiger partial charge in [0.1, 0.15) is 12.3 Å². The molecule has 1 aliphatic rings. The van der Waals surface area contributed by atoms with Gasteiger partial charge in [0.2, 0.25) is 10.0 Å². The number of thiophene rings is 1. The van der Waals surface area contributed by atoms with E-state index in [0.717, 1.165) is 11.3 Å². The number of methoxy groups -OCH3 is 1. The molecular weight excluding hydrogens is 467 g/mol. The van der Waals surface area contributed by atoms with E-state index < -0.39 is 39.4 Å². The maximum atomic E-state index is 13.5. The van der Waals surface area contributed by atoms with Crippen LogP contribution in [0.5, 0.6) is 5.75 Å². The molecule has 1 unspecified atom stereocenters. The van der Waals surface area contributed by atoms with E-state index in [1.165, 1.54) is 19.2 Å². The maximum Gasteiger partial charge on any atom is 0.402 e. The van der Waals surface area contributed by atoms with Gasteiger partial charge in [0, 0.05) is 10.8 Å². The van der Waals surface area contributed by atoms with Crippen LogP contribution in [0.1, 0.15) is 28.1 Å². The molecule has 1 amide bonds. The fourth-order valence-corrected chi connectivity index (χ4v) is 7.00. The van der Waals surface area contributed by atoms with Gasteiger partial charge >= 0.3 is 6.18 Å². The second-order valence-electron chi connectivity index (χ2n) is 7.33. The van der Waals surface area contributed by atoms with Crippen LogP contribution in [0, 0.1) is 5.92 Å². The lowest BCUT2D eigenvalue weighted by molar-refractivity contribution is -0.121. The highest BCUT2D eigenvalue weighted by Gasteiger charge is 2.54. The van der Waals surface area contributed by atoms with Crippen molar-refractivity contribution in [2.75, 3.05) is 26.7 Å². The smallest absolute Gasteiger partial charge is 0.402 e. The van der Waals surface area contributed by atoms with Crippen molar-refractivity contribution < 1.29 is 31.1 Å². The third-order valence-corrected chi connectivity index (χ3v) is 8.50. The van der Waals surface area contributed by atoms with E-state index in [0.29, 0.717) is 25.9 Å². The topological polar surface area (TPSA) is 96.5 Å². The van der Waals surface area contributed by atoms with Gasteiger partial charge in [-0.3, -0.25) is 4.79 Å². The van der Waals surface area contributed by atoms with Crippen LogP contribution in [0.15, 0.2) is 41.8 Å². The summed E-state index contributed by atoms with van der Waals surface area (Å²) in [5, 5.41) is 7.36. The first-order valence-electron chi connectivity index (χ1n) is 9.87. The van der Waals surface area contributed by atoms with Crippen LogP contribution in [0.25, 0.3) is 0 Å². The Labute approximate surface area is 188 Å². The fourth-order valence-electron chi connectivity index (χ4n) is 3.86. The zero-order valence-corrected chi connectivity index (χ0v) is 18.9. The van der Waals surface area contributed by atoms with Gasteiger partial charge in [0.15, 0.2) is 4.87 Å². The summed E-state index contributed by atoms with van der Waals surface area (Å²) in [6, 6.07) is 9.36. The van der Waals surface area contributed by atoms with E-state index in [2.05, 4.69) is 10.6 Å². The summed E-state index contributed by atoms with van der Waals surface area (Å²) in [6.45, 7) is -0.799. The standard InChI is InChI=1S/C20H24F3N3O4S2/c1-30-16-6-3-2-5-15(16)18(27)26-20(17-7-4-12-31-17,14-8-10-24-11-9-14)32(28,29)25-13-19(21,22)23/h2-7,12,14,24-25H,8-11,13H2,1H3,(H,26,27). The van der Waals surface area contributed by atoms with Crippen LogP contribution in [0.2, 0.25) is 0 Å². The molecular formula is C20H24F3N3O4S2. The summed E-state index contributed by atoms with van der Waals surface area (Å²) in [7, 11) is -3.35. The van der Waals surface area contributed by atoms with E-state index in [-0.39, 0.29) is 16.2 Å². The monoisotopic (exact) mass is 491 g/mol. The first-order valence-corrected chi connectivity index (χ1v) is 12.2. The molecule has 0 aliphatic carbocycles. The summed E-state index contributed by atoms with van der Waals surface area (Å²) >= 11 is 1.06. The molecule has 1 saturated heterocycles. The molecule has 3 rings (SSSR count). The Bertz CT molecular complexity index is 1020. The van der Waals surface area contributed by atoms with Crippen molar-refractivity contribution in [3.8, 4) is 5.75 Å². The Morgan fingerprint density at radius 2 is 1.88 bits per heavy atom. The van der Waals surface area contributed by atoms with Crippen LogP contribution in [0.3, 0.4) is 0 Å². The Balaban J connectivity index is 2.13. The first kappa shape index (κ1) is 24.5. The number of amides is 1. The predicted molar refractivity (Wildman–Crippen MR) is 115 cm³/mol. The number of alkyl halides is 3. The molecule has 32 heavy (non-hydrogen) atoms. The molecule has 176 valence electrons. The number of piperidine rings is 1. The van der Waals surface area contributed by atoms with Crippen LogP contribution in [-0.4, -0.2) is 47.2 Å². The van der Waals surface area contributed by atoms with Crippen molar-refractivity contribution in [3.63, 3.8) is 0 Å². The zero-order valence-electron chi connectivity index (χ0n) is 17.2. The van der Waals surface area contributed by atoms with Gasteiger partial charge < -0.3 is 15.4 Å². The molecule has 7 nitrogen and oxygen atoms in total. The van der Waals surface area contributed by atoms with E-state index >= 15 is 0 Å². The Morgan fingerprint density at radius 1 is 1.19 bits per heavy atom. The number of hydrogen-bond acceptors (Lipinski definition) is 6. The number of ether oxygens (including phenoxy) is 1. The van der Waals surface area contributed by atoms with Gasteiger partial charge in [-0.25, -0.2) is 13.1 Å². The van der Waals surface area contributed by atoms with Crippen molar-refractivity contribution in [2.24, 2.45) is 5.92 Å². The number of halogens is 3. The van der Waals surface area contributed by atoms with Gasteiger partial charge in [-0.05, 0) is 49.5 Å². The summed E-state index contributed by atoms with van der Waals surface area (Å²) < 4.78 is 72.8. The van der Waals surface area contributed by atoms with Gasteiger partial charge in [0.05, 0.1) is 12.7 Å². The average molecular weight is 492 g/mol. The molecule has 1 fully saturated rings. The molecule has 0 radical (unpaired) electrons. The lowest BCUT2D eigenvalue weighted by atomic mass is 9.88. The molecule has 1 atom stereocenters. The quantitative estimate of drug-likeness (QED) is 0.528. The molecule has 1 aliphatic heterocycles. The Hall–Kier alpha value is -2.15. The molecule has 0 spiro atoms. The predicted octanol–water partition coefficient (Wildman–Crippen LogP) is 2.82. The number of hydrogen-bond donors (Lipinski definition) is 3. The second kappa shape index (κ2) is 9.77. The van der Waals surface area contributed by atoms with Crippen LogP contribution < -0.4 is 20.1 Å². The van der Waals surface area contributed by atoms with Gasteiger partial charge in [0.25, 0.3) is 5.91 Å². The molecule has 2 heterocycles. The van der Waals surface area contributed by atoms with Crippen LogP contribution in [-0.2, 0) is 14.9 Å². The van der Waals surface area contributed by atoms with Crippen molar-refractivity contribution in [1.82, 2.24) is 15.4 Å². The normalized spacial score (nSPS) is 17.5. The minimum absolute atomic E-state index is 0.0795. The number of nitrogens with one attached hydrogen (secondary N) is 3. The molecule has 3 N–H and O–H groups in total. The van der Waals surface area contributed by atoms with Gasteiger partial charge in [-0.2, -0.15) is 13.2 Å². The SMILES string of the molecule is COc1ccccc1C(=O)NC(c1cccs1)(C1CCNCC1)S(=O)(=O)NCC(F)(F)F. The average Bonchev–Trinajstić information content (AvgIpc) is 3.31.